The maximum absolute atomic E-state index is 15.5. The Morgan fingerprint density at radius 3 is 2.10 bits per heavy atom. The highest BCUT2D eigenvalue weighted by molar-refractivity contribution is 5.77. The fourth-order valence-corrected chi connectivity index (χ4v) is 5.74. The number of carboxylic acid groups (broad SMARTS) is 1. The van der Waals surface area contributed by atoms with Crippen LogP contribution in [0.15, 0.2) is 36.7 Å². The summed E-state index contributed by atoms with van der Waals surface area (Å²) in [5.41, 5.74) is 0.0545. The lowest BCUT2D eigenvalue weighted by Gasteiger charge is -2.36. The number of aryl methyl sites for hydroxylation is 1. The summed E-state index contributed by atoms with van der Waals surface area (Å²) in [6.45, 7) is 4.91. The molecule has 1 aliphatic rings. The maximum Gasteiger partial charge on any atom is 0.341 e. The molecule has 0 saturated heterocycles. The number of hydrogen-bond donors (Lipinski definition) is 1. The van der Waals surface area contributed by atoms with E-state index in [4.69, 9.17) is 4.74 Å². The highest BCUT2D eigenvalue weighted by atomic mass is 19.1. The summed E-state index contributed by atoms with van der Waals surface area (Å²) in [6.07, 6.45) is 19.2. The Bertz CT molecular complexity index is 958. The smallest absolute Gasteiger partial charge is 0.341 e. The van der Waals surface area contributed by atoms with Crippen LogP contribution in [0, 0.1) is 11.8 Å². The van der Waals surface area contributed by atoms with Crippen molar-refractivity contribution >= 4 is 5.97 Å². The van der Waals surface area contributed by atoms with Gasteiger partial charge in [0.05, 0.1) is 6.61 Å². The van der Waals surface area contributed by atoms with Crippen molar-refractivity contribution in [1.82, 2.24) is 9.97 Å². The van der Waals surface area contributed by atoms with Gasteiger partial charge in [-0.1, -0.05) is 65.2 Å². The predicted molar refractivity (Wildman–Crippen MR) is 156 cm³/mol. The average molecular weight is 541 g/mol. The van der Waals surface area contributed by atoms with Crippen LogP contribution < -0.4 is 4.74 Å². The van der Waals surface area contributed by atoms with E-state index in [0.717, 1.165) is 55.7 Å². The Morgan fingerprint density at radius 2 is 1.49 bits per heavy atom. The molecule has 1 N–H and O–H groups in total. The van der Waals surface area contributed by atoms with Gasteiger partial charge in [-0.15, -0.1) is 0 Å². The second kappa shape index (κ2) is 16.6. The number of carbonyl (C=O) groups is 1. The fraction of sp³-hybridized carbons (Fsp3) is 0.667. The van der Waals surface area contributed by atoms with E-state index in [2.05, 4.69) is 23.8 Å². The highest BCUT2D eigenvalue weighted by Gasteiger charge is 2.47. The van der Waals surface area contributed by atoms with Gasteiger partial charge in [-0.05, 0) is 87.1 Å². The molecule has 1 aliphatic carbocycles. The van der Waals surface area contributed by atoms with Crippen molar-refractivity contribution in [3.05, 3.63) is 42.2 Å². The number of alkyl halides is 1. The molecule has 216 valence electrons. The van der Waals surface area contributed by atoms with Crippen LogP contribution in [0.25, 0.3) is 11.4 Å². The fourth-order valence-electron chi connectivity index (χ4n) is 5.74. The first-order chi connectivity index (χ1) is 19.0. The van der Waals surface area contributed by atoms with Gasteiger partial charge in [0.2, 0.25) is 5.67 Å². The highest BCUT2D eigenvalue weighted by Crippen LogP contribution is 2.41. The molecule has 0 amide bonds. The van der Waals surface area contributed by atoms with Crippen LogP contribution in [0.4, 0.5) is 4.39 Å². The number of aliphatic carboxylic acids is 1. The summed E-state index contributed by atoms with van der Waals surface area (Å²) in [5, 5.41) is 9.64. The van der Waals surface area contributed by atoms with Crippen molar-refractivity contribution in [3.8, 4) is 17.1 Å². The molecule has 0 spiro atoms. The minimum absolute atomic E-state index is 0.131. The van der Waals surface area contributed by atoms with Gasteiger partial charge in [-0.3, -0.25) is 0 Å². The average Bonchev–Trinajstić information content (AvgIpc) is 2.97. The molecular formula is C33H49FN2O3. The Morgan fingerprint density at radius 1 is 0.897 bits per heavy atom. The first kappa shape index (κ1) is 31.0. The lowest BCUT2D eigenvalue weighted by Crippen LogP contribution is -2.43. The van der Waals surface area contributed by atoms with Gasteiger partial charge >= 0.3 is 5.97 Å². The first-order valence-electron chi connectivity index (χ1n) is 15.4. The van der Waals surface area contributed by atoms with E-state index in [1.807, 2.05) is 36.7 Å². The molecule has 6 heteroatoms. The van der Waals surface area contributed by atoms with Crippen LogP contribution in [0.2, 0.25) is 0 Å². The number of ether oxygens (including phenoxy) is 1. The number of nitrogens with zero attached hydrogens (tertiary/aromatic N) is 2. The summed E-state index contributed by atoms with van der Waals surface area (Å²) >= 11 is 0. The molecule has 0 radical (unpaired) electrons. The van der Waals surface area contributed by atoms with E-state index in [0.29, 0.717) is 31.8 Å². The monoisotopic (exact) mass is 540 g/mol. The van der Waals surface area contributed by atoms with Gasteiger partial charge in [-0.2, -0.15) is 0 Å². The SMILES string of the molecule is CCCCCCCCc1cnc(-c2ccc(OC[C@H]3CC[C@H]([C@@](F)(CCCCCC)C(=O)O)CC3)cc2)nc1. The third-order valence-corrected chi connectivity index (χ3v) is 8.37. The van der Waals surface area contributed by atoms with Crippen LogP contribution in [0.3, 0.4) is 0 Å². The molecule has 1 atom stereocenters. The molecule has 1 heterocycles. The largest absolute Gasteiger partial charge is 0.493 e. The Kier molecular flexibility index (Phi) is 13.2. The summed E-state index contributed by atoms with van der Waals surface area (Å²) in [7, 11) is 0. The van der Waals surface area contributed by atoms with Crippen LogP contribution in [0.1, 0.15) is 116 Å². The van der Waals surface area contributed by atoms with Crippen LogP contribution in [0.5, 0.6) is 5.75 Å². The Hall–Kier alpha value is -2.50. The van der Waals surface area contributed by atoms with Crippen LogP contribution in [-0.4, -0.2) is 33.3 Å². The number of unbranched alkanes of at least 4 members (excludes halogenated alkanes) is 8. The zero-order valence-electron chi connectivity index (χ0n) is 24.2. The van der Waals surface area contributed by atoms with Crippen molar-refractivity contribution in [3.63, 3.8) is 0 Å². The molecule has 3 rings (SSSR count). The molecule has 1 aromatic heterocycles. The Balaban J connectivity index is 1.40. The molecule has 2 aromatic rings. The van der Waals surface area contributed by atoms with E-state index in [-0.39, 0.29) is 6.42 Å². The van der Waals surface area contributed by atoms with Crippen molar-refractivity contribution < 1.29 is 19.0 Å². The predicted octanol–water partition coefficient (Wildman–Crippen LogP) is 9.00. The molecule has 1 saturated carbocycles. The minimum Gasteiger partial charge on any atom is -0.493 e. The number of aromatic nitrogens is 2. The number of halogens is 1. The number of benzene rings is 1. The molecule has 0 bridgehead atoms. The molecule has 1 fully saturated rings. The van der Waals surface area contributed by atoms with Crippen molar-refractivity contribution in [2.24, 2.45) is 11.8 Å². The van der Waals surface area contributed by atoms with E-state index >= 15 is 4.39 Å². The zero-order valence-corrected chi connectivity index (χ0v) is 24.2. The van der Waals surface area contributed by atoms with Gasteiger partial charge in [0, 0.05) is 23.9 Å². The zero-order chi connectivity index (χ0) is 27.9. The van der Waals surface area contributed by atoms with Gasteiger partial charge < -0.3 is 9.84 Å². The molecule has 5 nitrogen and oxygen atoms in total. The summed E-state index contributed by atoms with van der Waals surface area (Å²) in [4.78, 5) is 20.9. The third-order valence-electron chi connectivity index (χ3n) is 8.37. The second-order valence-electron chi connectivity index (χ2n) is 11.5. The maximum atomic E-state index is 15.5. The minimum atomic E-state index is -2.09. The number of carboxylic acids is 1. The van der Waals surface area contributed by atoms with Crippen molar-refractivity contribution in [1.29, 1.82) is 0 Å². The second-order valence-corrected chi connectivity index (χ2v) is 11.5. The quantitative estimate of drug-likeness (QED) is 0.191. The van der Waals surface area contributed by atoms with Crippen molar-refractivity contribution in [2.75, 3.05) is 6.61 Å². The van der Waals surface area contributed by atoms with E-state index in [9.17, 15) is 9.90 Å². The standard InChI is InChI=1S/C33H49FN2O3/c1-3-5-7-9-10-11-13-27-23-35-31(36-24-27)28-16-20-30(21-17-28)39-25-26-14-18-29(19-15-26)33(34,32(37)38)22-12-8-6-4-2/h16-17,20-21,23-24,26,29H,3-15,18-19,22,25H2,1-2H3,(H,37,38)/t26-,29-,33-/m0/s1. The number of hydrogen-bond acceptors (Lipinski definition) is 4. The molecule has 1 aromatic carbocycles. The van der Waals surface area contributed by atoms with Gasteiger partial charge in [0.15, 0.2) is 5.82 Å². The molecule has 0 aliphatic heterocycles. The topological polar surface area (TPSA) is 72.3 Å². The van der Waals surface area contributed by atoms with E-state index < -0.39 is 17.6 Å². The molecule has 0 unspecified atom stereocenters. The summed E-state index contributed by atoms with van der Waals surface area (Å²) in [5.74, 6) is 0.150. The van der Waals surface area contributed by atoms with Gasteiger partial charge in [-0.25, -0.2) is 19.2 Å². The number of rotatable bonds is 18. The Labute approximate surface area is 235 Å². The molecule has 39 heavy (non-hydrogen) atoms. The van der Waals surface area contributed by atoms with Crippen molar-refractivity contribution in [2.45, 2.75) is 122 Å². The summed E-state index contributed by atoms with van der Waals surface area (Å²) in [6, 6.07) is 7.86. The normalized spacial score (nSPS) is 18.9. The van der Waals surface area contributed by atoms with E-state index in [1.165, 1.54) is 44.1 Å². The summed E-state index contributed by atoms with van der Waals surface area (Å²) < 4.78 is 21.5. The van der Waals surface area contributed by atoms with Crippen LogP contribution >= 0.6 is 0 Å². The first-order valence-corrected chi connectivity index (χ1v) is 15.4. The lowest BCUT2D eigenvalue weighted by molar-refractivity contribution is -0.157. The molecular weight excluding hydrogens is 491 g/mol. The lowest BCUT2D eigenvalue weighted by atomic mass is 9.72. The van der Waals surface area contributed by atoms with Gasteiger partial charge in [0.1, 0.15) is 5.75 Å². The third kappa shape index (κ3) is 9.88. The van der Waals surface area contributed by atoms with Crippen LogP contribution in [-0.2, 0) is 11.2 Å². The van der Waals surface area contributed by atoms with Gasteiger partial charge in [0.25, 0.3) is 0 Å². The van der Waals surface area contributed by atoms with E-state index in [1.54, 1.807) is 0 Å².